The highest BCUT2D eigenvalue weighted by atomic mass is 79.9. The fourth-order valence-corrected chi connectivity index (χ4v) is 4.12. The number of aryl methyl sites for hydroxylation is 1. The Kier molecular flexibility index (Phi) is 5.03. The second kappa shape index (κ2) is 6.37. The number of benzene rings is 1. The lowest BCUT2D eigenvalue weighted by Crippen LogP contribution is -2.50. The fraction of sp³-hybridized carbons (Fsp3) is 0.438. The van der Waals surface area contributed by atoms with Gasteiger partial charge in [-0.3, -0.25) is 4.79 Å². The standard InChI is InChI=1S/C16H20BrNO4S/c1-11-10-13(4-5-14(11)17)12-6-8-18(9-7-12)23(21,22)16(2,3)15(19)20/h4-6,10H,7-9H2,1-3H3,(H,19,20). The van der Waals surface area contributed by atoms with E-state index in [9.17, 15) is 13.2 Å². The first-order valence-electron chi connectivity index (χ1n) is 7.26. The highest BCUT2D eigenvalue weighted by molar-refractivity contribution is 9.10. The highest BCUT2D eigenvalue weighted by Crippen LogP contribution is 2.29. The first kappa shape index (κ1) is 18.2. The van der Waals surface area contributed by atoms with Crippen molar-refractivity contribution in [2.24, 2.45) is 0 Å². The smallest absolute Gasteiger partial charge is 0.325 e. The third-order valence-electron chi connectivity index (χ3n) is 4.20. The molecule has 0 radical (unpaired) electrons. The van der Waals surface area contributed by atoms with Gasteiger partial charge in [0.25, 0.3) is 0 Å². The Morgan fingerprint density at radius 2 is 2.00 bits per heavy atom. The lowest BCUT2D eigenvalue weighted by molar-refractivity contribution is -0.139. The maximum atomic E-state index is 12.5. The second-order valence-corrected chi connectivity index (χ2v) is 9.46. The molecule has 0 saturated carbocycles. The van der Waals surface area contributed by atoms with Crippen LogP contribution < -0.4 is 0 Å². The Morgan fingerprint density at radius 1 is 1.35 bits per heavy atom. The molecule has 0 unspecified atom stereocenters. The van der Waals surface area contributed by atoms with Gasteiger partial charge in [-0.25, -0.2) is 8.42 Å². The third kappa shape index (κ3) is 3.36. The molecule has 0 fully saturated rings. The van der Waals surface area contributed by atoms with Crippen molar-refractivity contribution in [2.45, 2.75) is 31.9 Å². The molecular formula is C16H20BrNO4S. The Morgan fingerprint density at radius 3 is 2.48 bits per heavy atom. The van der Waals surface area contributed by atoms with Gasteiger partial charge in [-0.2, -0.15) is 4.31 Å². The van der Waals surface area contributed by atoms with Gasteiger partial charge in [0.15, 0.2) is 4.75 Å². The molecule has 23 heavy (non-hydrogen) atoms. The summed E-state index contributed by atoms with van der Waals surface area (Å²) in [5.74, 6) is -1.34. The van der Waals surface area contributed by atoms with E-state index in [1.54, 1.807) is 0 Å². The Labute approximate surface area is 145 Å². The molecule has 1 aliphatic rings. The van der Waals surface area contributed by atoms with E-state index in [1.165, 1.54) is 18.2 Å². The quantitative estimate of drug-likeness (QED) is 0.840. The van der Waals surface area contributed by atoms with Crippen LogP contribution in [0.3, 0.4) is 0 Å². The Hall–Kier alpha value is -1.18. The van der Waals surface area contributed by atoms with Crippen molar-refractivity contribution in [3.05, 3.63) is 39.9 Å². The number of carbonyl (C=O) groups is 1. The highest BCUT2D eigenvalue weighted by Gasteiger charge is 2.45. The van der Waals surface area contributed by atoms with Gasteiger partial charge in [0.05, 0.1) is 0 Å². The van der Waals surface area contributed by atoms with E-state index < -0.39 is 20.7 Å². The van der Waals surface area contributed by atoms with Crippen LogP contribution in [-0.4, -0.2) is 41.6 Å². The van der Waals surface area contributed by atoms with Gasteiger partial charge >= 0.3 is 5.97 Å². The zero-order valence-corrected chi connectivity index (χ0v) is 15.7. The largest absolute Gasteiger partial charge is 0.480 e. The minimum atomic E-state index is -3.90. The fourth-order valence-electron chi connectivity index (χ4n) is 2.41. The molecule has 126 valence electrons. The SMILES string of the molecule is Cc1cc(C2=CCN(S(=O)(=O)C(C)(C)C(=O)O)CC2)ccc1Br. The summed E-state index contributed by atoms with van der Waals surface area (Å²) in [7, 11) is -3.90. The Balaban J connectivity index is 2.24. The summed E-state index contributed by atoms with van der Waals surface area (Å²) in [6.45, 7) is 4.94. The zero-order valence-electron chi connectivity index (χ0n) is 13.3. The minimum Gasteiger partial charge on any atom is -0.480 e. The molecule has 1 aromatic carbocycles. The number of hydrogen-bond donors (Lipinski definition) is 1. The normalized spacial score (nSPS) is 17.0. The number of rotatable bonds is 4. The van der Waals surface area contributed by atoms with Gasteiger partial charge in [0, 0.05) is 17.6 Å². The van der Waals surface area contributed by atoms with E-state index >= 15 is 0 Å². The summed E-state index contributed by atoms with van der Waals surface area (Å²) in [5.41, 5.74) is 3.27. The van der Waals surface area contributed by atoms with Crippen LogP contribution in [0.1, 0.15) is 31.4 Å². The molecule has 0 amide bonds. The number of halogens is 1. The predicted molar refractivity (Wildman–Crippen MR) is 93.7 cm³/mol. The first-order valence-corrected chi connectivity index (χ1v) is 9.49. The maximum Gasteiger partial charge on any atom is 0.325 e. The summed E-state index contributed by atoms with van der Waals surface area (Å²) in [6.07, 6.45) is 2.43. The molecule has 1 heterocycles. The molecule has 0 saturated heterocycles. The van der Waals surface area contributed by atoms with Gasteiger partial charge < -0.3 is 5.11 Å². The molecule has 0 spiro atoms. The monoisotopic (exact) mass is 401 g/mol. The van der Waals surface area contributed by atoms with E-state index in [0.717, 1.165) is 21.2 Å². The molecule has 2 rings (SSSR count). The topological polar surface area (TPSA) is 74.7 Å². The number of aliphatic carboxylic acids is 1. The lowest BCUT2D eigenvalue weighted by atomic mass is 9.99. The van der Waals surface area contributed by atoms with Crippen molar-refractivity contribution < 1.29 is 18.3 Å². The number of carboxylic acids is 1. The minimum absolute atomic E-state index is 0.198. The van der Waals surface area contributed by atoms with Crippen molar-refractivity contribution in [1.82, 2.24) is 4.31 Å². The number of sulfonamides is 1. The third-order valence-corrected chi connectivity index (χ3v) is 7.57. The van der Waals surface area contributed by atoms with E-state index in [2.05, 4.69) is 22.0 Å². The molecular weight excluding hydrogens is 382 g/mol. The molecule has 0 bridgehead atoms. The van der Waals surface area contributed by atoms with Crippen LogP contribution in [0, 0.1) is 6.92 Å². The number of hydrogen-bond acceptors (Lipinski definition) is 3. The van der Waals surface area contributed by atoms with E-state index in [-0.39, 0.29) is 6.54 Å². The van der Waals surface area contributed by atoms with E-state index in [1.807, 2.05) is 25.1 Å². The van der Waals surface area contributed by atoms with Crippen LogP contribution in [0.2, 0.25) is 0 Å². The summed E-state index contributed by atoms with van der Waals surface area (Å²) in [4.78, 5) is 11.2. The maximum absolute atomic E-state index is 12.5. The van der Waals surface area contributed by atoms with Crippen molar-refractivity contribution in [3.8, 4) is 0 Å². The van der Waals surface area contributed by atoms with Crippen LogP contribution in [-0.2, 0) is 14.8 Å². The van der Waals surface area contributed by atoms with Gasteiger partial charge in [0.2, 0.25) is 10.0 Å². The molecule has 0 atom stereocenters. The number of carboxylic acid groups (broad SMARTS) is 1. The van der Waals surface area contributed by atoms with Crippen LogP contribution >= 0.6 is 15.9 Å². The van der Waals surface area contributed by atoms with Crippen LogP contribution in [0.15, 0.2) is 28.7 Å². The summed E-state index contributed by atoms with van der Waals surface area (Å²) in [5, 5.41) is 9.17. The lowest BCUT2D eigenvalue weighted by Gasteiger charge is -2.31. The second-order valence-electron chi connectivity index (χ2n) is 6.12. The molecule has 0 aromatic heterocycles. The summed E-state index contributed by atoms with van der Waals surface area (Å²) >= 11 is 3.46. The van der Waals surface area contributed by atoms with Crippen molar-refractivity contribution in [1.29, 1.82) is 0 Å². The van der Waals surface area contributed by atoms with Gasteiger partial charge in [0.1, 0.15) is 0 Å². The van der Waals surface area contributed by atoms with Crippen LogP contribution in [0.5, 0.6) is 0 Å². The van der Waals surface area contributed by atoms with Gasteiger partial charge in [-0.05, 0) is 50.0 Å². The summed E-state index contributed by atoms with van der Waals surface area (Å²) < 4.78 is 25.5. The van der Waals surface area contributed by atoms with Crippen molar-refractivity contribution >= 4 is 37.5 Å². The molecule has 7 heteroatoms. The van der Waals surface area contributed by atoms with Crippen molar-refractivity contribution in [2.75, 3.05) is 13.1 Å². The summed E-state index contributed by atoms with van der Waals surface area (Å²) in [6, 6.07) is 6.03. The van der Waals surface area contributed by atoms with E-state index in [0.29, 0.717) is 13.0 Å². The van der Waals surface area contributed by atoms with Crippen LogP contribution in [0.4, 0.5) is 0 Å². The average Bonchev–Trinajstić information content (AvgIpc) is 2.49. The average molecular weight is 402 g/mol. The predicted octanol–water partition coefficient (Wildman–Crippen LogP) is 3.04. The van der Waals surface area contributed by atoms with E-state index in [4.69, 9.17) is 5.11 Å². The molecule has 5 nitrogen and oxygen atoms in total. The zero-order chi connectivity index (χ0) is 17.4. The van der Waals surface area contributed by atoms with Crippen molar-refractivity contribution in [3.63, 3.8) is 0 Å². The molecule has 1 N–H and O–H groups in total. The Bertz CT molecular complexity index is 768. The molecule has 1 aromatic rings. The van der Waals surface area contributed by atoms with Gasteiger partial charge in [-0.15, -0.1) is 0 Å². The molecule has 0 aliphatic carbocycles. The van der Waals surface area contributed by atoms with Gasteiger partial charge in [-0.1, -0.05) is 34.1 Å². The first-order chi connectivity index (χ1) is 10.6. The molecule has 1 aliphatic heterocycles. The van der Waals surface area contributed by atoms with Crippen LogP contribution in [0.25, 0.3) is 5.57 Å². The number of nitrogens with zero attached hydrogens (tertiary/aromatic N) is 1.